The predicted molar refractivity (Wildman–Crippen MR) is 64.4 cm³/mol. The van der Waals surface area contributed by atoms with Crippen molar-refractivity contribution < 1.29 is 9.90 Å². The summed E-state index contributed by atoms with van der Waals surface area (Å²) in [6, 6.07) is 5.76. The van der Waals surface area contributed by atoms with E-state index >= 15 is 0 Å². The molecule has 0 radical (unpaired) electrons. The highest BCUT2D eigenvalue weighted by Crippen LogP contribution is 2.18. The highest BCUT2D eigenvalue weighted by molar-refractivity contribution is 5.77. The molecule has 1 fully saturated rings. The summed E-state index contributed by atoms with van der Waals surface area (Å²) in [4.78, 5) is 18.0. The molecule has 0 aliphatic carbocycles. The molecule has 0 unspecified atom stereocenters. The number of aromatic nitrogens is 1. The normalized spacial score (nSPS) is 19.6. The number of nitrogens with zero attached hydrogens (tertiary/aromatic N) is 2. The maximum absolute atomic E-state index is 12.0. The Morgan fingerprint density at radius 1 is 1.53 bits per heavy atom. The van der Waals surface area contributed by atoms with Crippen molar-refractivity contribution in [2.24, 2.45) is 0 Å². The molecule has 1 aromatic rings. The fourth-order valence-corrected chi connectivity index (χ4v) is 2.28. The van der Waals surface area contributed by atoms with E-state index in [-0.39, 0.29) is 18.6 Å². The molecule has 17 heavy (non-hydrogen) atoms. The van der Waals surface area contributed by atoms with Crippen molar-refractivity contribution in [1.29, 1.82) is 0 Å². The van der Waals surface area contributed by atoms with Gasteiger partial charge in [0.05, 0.1) is 12.6 Å². The molecule has 1 amide bonds. The number of pyridine rings is 1. The fraction of sp³-hybridized carbons (Fsp3) is 0.538. The van der Waals surface area contributed by atoms with Gasteiger partial charge in [0.25, 0.3) is 0 Å². The standard InChI is InChI=1S/C13H18N2O2/c16-10-12-5-3-9-15(12)13(17)7-6-11-4-1-2-8-14-11/h1-2,4,8,12,16H,3,5-7,9-10H2/t12-/m0/s1. The zero-order chi connectivity index (χ0) is 12.1. The summed E-state index contributed by atoms with van der Waals surface area (Å²) in [6.45, 7) is 0.863. The van der Waals surface area contributed by atoms with Gasteiger partial charge in [-0.15, -0.1) is 0 Å². The van der Waals surface area contributed by atoms with Gasteiger partial charge in [0, 0.05) is 24.9 Å². The number of aliphatic hydroxyl groups excluding tert-OH is 1. The number of hydrogen-bond acceptors (Lipinski definition) is 3. The summed E-state index contributed by atoms with van der Waals surface area (Å²) < 4.78 is 0. The Labute approximate surface area is 101 Å². The lowest BCUT2D eigenvalue weighted by molar-refractivity contribution is -0.132. The Kier molecular flexibility index (Phi) is 4.09. The van der Waals surface area contributed by atoms with Crippen molar-refractivity contribution in [2.45, 2.75) is 31.7 Å². The molecule has 1 aliphatic heterocycles. The Hall–Kier alpha value is -1.42. The van der Waals surface area contributed by atoms with Crippen LogP contribution in [0.2, 0.25) is 0 Å². The van der Waals surface area contributed by atoms with Crippen LogP contribution in [-0.2, 0) is 11.2 Å². The second-order valence-electron chi connectivity index (χ2n) is 4.39. The summed E-state index contributed by atoms with van der Waals surface area (Å²) in [6.07, 6.45) is 4.82. The Balaban J connectivity index is 1.85. The summed E-state index contributed by atoms with van der Waals surface area (Å²) in [5.41, 5.74) is 0.945. The lowest BCUT2D eigenvalue weighted by Gasteiger charge is -2.22. The van der Waals surface area contributed by atoms with Crippen LogP contribution in [0.5, 0.6) is 0 Å². The molecule has 0 saturated carbocycles. The number of amides is 1. The van der Waals surface area contributed by atoms with Gasteiger partial charge < -0.3 is 10.0 Å². The van der Waals surface area contributed by atoms with Crippen LogP contribution in [0.15, 0.2) is 24.4 Å². The minimum absolute atomic E-state index is 0.0335. The zero-order valence-corrected chi connectivity index (χ0v) is 9.88. The highest BCUT2D eigenvalue weighted by atomic mass is 16.3. The highest BCUT2D eigenvalue weighted by Gasteiger charge is 2.27. The monoisotopic (exact) mass is 234 g/mol. The third-order valence-corrected chi connectivity index (χ3v) is 3.23. The van der Waals surface area contributed by atoms with Gasteiger partial charge in [0.15, 0.2) is 0 Å². The molecule has 4 heteroatoms. The first-order valence-electron chi connectivity index (χ1n) is 6.11. The van der Waals surface area contributed by atoms with Crippen LogP contribution in [0, 0.1) is 0 Å². The van der Waals surface area contributed by atoms with E-state index in [0.717, 1.165) is 25.1 Å². The molecule has 0 bridgehead atoms. The van der Waals surface area contributed by atoms with Gasteiger partial charge in [0.1, 0.15) is 0 Å². The number of aliphatic hydroxyl groups is 1. The summed E-state index contributed by atoms with van der Waals surface area (Å²) >= 11 is 0. The maximum atomic E-state index is 12.0. The number of carbonyl (C=O) groups excluding carboxylic acids is 1. The lowest BCUT2D eigenvalue weighted by atomic mass is 10.2. The molecule has 1 saturated heterocycles. The molecular formula is C13H18N2O2. The molecule has 1 N–H and O–H groups in total. The van der Waals surface area contributed by atoms with Crippen LogP contribution in [0.25, 0.3) is 0 Å². The van der Waals surface area contributed by atoms with E-state index in [1.807, 2.05) is 23.1 Å². The van der Waals surface area contributed by atoms with Crippen LogP contribution < -0.4 is 0 Å². The van der Waals surface area contributed by atoms with Crippen molar-refractivity contribution in [3.05, 3.63) is 30.1 Å². The number of likely N-dealkylation sites (tertiary alicyclic amines) is 1. The van der Waals surface area contributed by atoms with Gasteiger partial charge in [-0.2, -0.15) is 0 Å². The van der Waals surface area contributed by atoms with Gasteiger partial charge in [0.2, 0.25) is 5.91 Å². The van der Waals surface area contributed by atoms with Crippen molar-refractivity contribution in [3.63, 3.8) is 0 Å². The second kappa shape index (κ2) is 5.77. The Morgan fingerprint density at radius 2 is 2.41 bits per heavy atom. The molecular weight excluding hydrogens is 216 g/mol. The van der Waals surface area contributed by atoms with Crippen LogP contribution in [0.4, 0.5) is 0 Å². The van der Waals surface area contributed by atoms with Crippen LogP contribution >= 0.6 is 0 Å². The van der Waals surface area contributed by atoms with E-state index in [4.69, 9.17) is 5.11 Å². The summed E-state index contributed by atoms with van der Waals surface area (Å²) in [7, 11) is 0. The van der Waals surface area contributed by atoms with Gasteiger partial charge in [-0.3, -0.25) is 9.78 Å². The lowest BCUT2D eigenvalue weighted by Crippen LogP contribution is -2.37. The average Bonchev–Trinajstić information content (AvgIpc) is 2.85. The first-order valence-corrected chi connectivity index (χ1v) is 6.11. The van der Waals surface area contributed by atoms with Crippen molar-refractivity contribution in [3.8, 4) is 0 Å². The minimum atomic E-state index is 0.0335. The molecule has 1 aromatic heterocycles. The quantitative estimate of drug-likeness (QED) is 0.845. The molecule has 92 valence electrons. The molecule has 0 aromatic carbocycles. The Bertz CT molecular complexity index is 367. The number of aryl methyl sites for hydroxylation is 1. The van der Waals surface area contributed by atoms with E-state index in [1.165, 1.54) is 0 Å². The molecule has 2 rings (SSSR count). The summed E-state index contributed by atoms with van der Waals surface area (Å²) in [5, 5.41) is 9.16. The third-order valence-electron chi connectivity index (χ3n) is 3.23. The number of hydrogen-bond donors (Lipinski definition) is 1. The van der Waals surface area contributed by atoms with Gasteiger partial charge in [-0.25, -0.2) is 0 Å². The predicted octanol–water partition coefficient (Wildman–Crippen LogP) is 0.998. The third kappa shape index (κ3) is 3.03. The smallest absolute Gasteiger partial charge is 0.223 e. The molecule has 1 aliphatic rings. The molecule has 2 heterocycles. The molecule has 0 spiro atoms. The van der Waals surface area contributed by atoms with E-state index in [9.17, 15) is 4.79 Å². The summed E-state index contributed by atoms with van der Waals surface area (Å²) in [5.74, 6) is 0.132. The van der Waals surface area contributed by atoms with Crippen molar-refractivity contribution >= 4 is 5.91 Å². The van der Waals surface area contributed by atoms with E-state index in [0.29, 0.717) is 12.8 Å². The van der Waals surface area contributed by atoms with Crippen molar-refractivity contribution in [1.82, 2.24) is 9.88 Å². The minimum Gasteiger partial charge on any atom is -0.394 e. The van der Waals surface area contributed by atoms with Crippen LogP contribution in [0.3, 0.4) is 0 Å². The fourth-order valence-electron chi connectivity index (χ4n) is 2.28. The largest absolute Gasteiger partial charge is 0.394 e. The van der Waals surface area contributed by atoms with Crippen LogP contribution in [0.1, 0.15) is 25.0 Å². The van der Waals surface area contributed by atoms with Crippen molar-refractivity contribution in [2.75, 3.05) is 13.2 Å². The average molecular weight is 234 g/mol. The van der Waals surface area contributed by atoms with E-state index in [2.05, 4.69) is 4.98 Å². The van der Waals surface area contributed by atoms with Crippen LogP contribution in [-0.4, -0.2) is 40.1 Å². The topological polar surface area (TPSA) is 53.4 Å². The zero-order valence-electron chi connectivity index (χ0n) is 9.88. The van der Waals surface area contributed by atoms with E-state index < -0.39 is 0 Å². The second-order valence-corrected chi connectivity index (χ2v) is 4.39. The number of carbonyl (C=O) groups is 1. The molecule has 4 nitrogen and oxygen atoms in total. The first-order chi connectivity index (χ1) is 8.31. The maximum Gasteiger partial charge on any atom is 0.223 e. The van der Waals surface area contributed by atoms with Gasteiger partial charge >= 0.3 is 0 Å². The van der Waals surface area contributed by atoms with E-state index in [1.54, 1.807) is 6.20 Å². The number of rotatable bonds is 4. The SMILES string of the molecule is O=C(CCc1ccccn1)N1CCC[C@H]1CO. The van der Waals surface area contributed by atoms with Gasteiger partial charge in [-0.1, -0.05) is 6.07 Å². The molecule has 1 atom stereocenters. The Morgan fingerprint density at radius 3 is 3.12 bits per heavy atom. The van der Waals surface area contributed by atoms with Gasteiger partial charge in [-0.05, 0) is 31.4 Å². The first kappa shape index (κ1) is 12.0.